The van der Waals surface area contributed by atoms with Crippen LogP contribution in [0.5, 0.6) is 0 Å². The third-order valence-electron chi connectivity index (χ3n) is 5.61. The van der Waals surface area contributed by atoms with Crippen LogP contribution in [0.2, 0.25) is 0 Å². The predicted octanol–water partition coefficient (Wildman–Crippen LogP) is 2.39. The minimum Gasteiger partial charge on any atom is -0.356 e. The van der Waals surface area contributed by atoms with Crippen molar-refractivity contribution in [3.05, 3.63) is 35.7 Å². The van der Waals surface area contributed by atoms with Crippen LogP contribution < -0.4 is 5.32 Å². The number of aromatic nitrogens is 2. The lowest BCUT2D eigenvalue weighted by molar-refractivity contribution is -0.124. The summed E-state index contributed by atoms with van der Waals surface area (Å²) in [5, 5.41) is 7.10. The second-order valence-corrected chi connectivity index (χ2v) is 7.45. The molecule has 132 valence electrons. The van der Waals surface area contributed by atoms with Crippen LogP contribution in [0.3, 0.4) is 0 Å². The Morgan fingerprint density at radius 2 is 2.00 bits per heavy atom. The molecule has 4 rings (SSSR count). The molecule has 1 aromatic heterocycles. The van der Waals surface area contributed by atoms with E-state index < -0.39 is 0 Å². The van der Waals surface area contributed by atoms with Crippen molar-refractivity contribution in [2.24, 2.45) is 11.8 Å². The van der Waals surface area contributed by atoms with Crippen molar-refractivity contribution in [1.29, 1.82) is 0 Å². The zero-order valence-electron chi connectivity index (χ0n) is 14.7. The van der Waals surface area contributed by atoms with Gasteiger partial charge in [-0.15, -0.1) is 0 Å². The smallest absolute Gasteiger partial charge is 0.241 e. The van der Waals surface area contributed by atoms with Crippen molar-refractivity contribution in [2.75, 3.05) is 13.6 Å². The summed E-state index contributed by atoms with van der Waals surface area (Å²) in [4.78, 5) is 18.4. The van der Waals surface area contributed by atoms with E-state index in [1.807, 2.05) is 24.3 Å². The average Bonchev–Trinajstić information content (AvgIpc) is 3.22. The Labute approximate surface area is 147 Å². The minimum absolute atomic E-state index is 0.198. The van der Waals surface area contributed by atoms with Gasteiger partial charge in [-0.25, -0.2) is 0 Å². The van der Waals surface area contributed by atoms with Gasteiger partial charge in [-0.3, -0.25) is 9.69 Å². The molecule has 2 fully saturated rings. The number of carbonyl (C=O) groups excluding carboxylic acids is 1. The number of nitrogens with zero attached hydrogens (tertiary/aromatic N) is 3. The maximum atomic E-state index is 11.6. The number of amides is 1. The van der Waals surface area contributed by atoms with Gasteiger partial charge in [0.2, 0.25) is 17.6 Å². The molecule has 0 spiro atoms. The van der Waals surface area contributed by atoms with Gasteiger partial charge in [-0.2, -0.15) is 4.98 Å². The SMILES string of the molecule is Cc1ccc(-c2noc(CN(C)[C@H]3C[C@H]4CNC(=O)C[C@H]4C3)n2)cc1. The number of carbonyl (C=O) groups is 1. The molecule has 1 saturated carbocycles. The summed E-state index contributed by atoms with van der Waals surface area (Å²) in [6, 6.07) is 8.59. The Morgan fingerprint density at radius 1 is 1.24 bits per heavy atom. The molecule has 1 amide bonds. The van der Waals surface area contributed by atoms with Crippen LogP contribution in [0.4, 0.5) is 0 Å². The molecule has 3 atom stereocenters. The number of hydrogen-bond acceptors (Lipinski definition) is 5. The lowest BCUT2D eigenvalue weighted by Gasteiger charge is -2.24. The number of hydrogen-bond donors (Lipinski definition) is 1. The molecule has 25 heavy (non-hydrogen) atoms. The van der Waals surface area contributed by atoms with Crippen molar-refractivity contribution < 1.29 is 9.32 Å². The predicted molar refractivity (Wildman–Crippen MR) is 93.6 cm³/mol. The summed E-state index contributed by atoms with van der Waals surface area (Å²) in [5.74, 6) is 2.60. The molecule has 1 N–H and O–H groups in total. The van der Waals surface area contributed by atoms with E-state index in [0.29, 0.717) is 42.6 Å². The maximum absolute atomic E-state index is 11.6. The normalized spacial score (nSPS) is 25.9. The highest BCUT2D eigenvalue weighted by atomic mass is 16.5. The van der Waals surface area contributed by atoms with Gasteiger partial charge in [-0.05, 0) is 38.6 Å². The van der Waals surface area contributed by atoms with E-state index in [-0.39, 0.29) is 5.91 Å². The lowest BCUT2D eigenvalue weighted by atomic mass is 9.89. The number of rotatable bonds is 4. The largest absolute Gasteiger partial charge is 0.356 e. The van der Waals surface area contributed by atoms with Crippen molar-refractivity contribution in [3.63, 3.8) is 0 Å². The number of fused-ring (bicyclic) bond motifs is 1. The van der Waals surface area contributed by atoms with E-state index in [9.17, 15) is 4.79 Å². The number of piperidine rings is 1. The molecule has 1 aromatic carbocycles. The summed E-state index contributed by atoms with van der Waals surface area (Å²) in [5.41, 5.74) is 2.18. The molecule has 1 saturated heterocycles. The zero-order valence-corrected chi connectivity index (χ0v) is 14.7. The summed E-state index contributed by atoms with van der Waals surface area (Å²) in [6.07, 6.45) is 2.88. The highest BCUT2D eigenvalue weighted by Crippen LogP contribution is 2.38. The monoisotopic (exact) mass is 340 g/mol. The molecular weight excluding hydrogens is 316 g/mol. The third-order valence-corrected chi connectivity index (χ3v) is 5.61. The third kappa shape index (κ3) is 3.44. The minimum atomic E-state index is 0.198. The van der Waals surface area contributed by atoms with Crippen LogP contribution in [0.15, 0.2) is 28.8 Å². The topological polar surface area (TPSA) is 71.3 Å². The van der Waals surface area contributed by atoms with Gasteiger partial charge in [-0.1, -0.05) is 35.0 Å². The molecule has 6 nitrogen and oxygen atoms in total. The fraction of sp³-hybridized carbons (Fsp3) is 0.526. The molecule has 6 heteroatoms. The summed E-state index contributed by atoms with van der Waals surface area (Å²) in [6.45, 7) is 3.53. The Hall–Kier alpha value is -2.21. The van der Waals surface area contributed by atoms with E-state index >= 15 is 0 Å². The Morgan fingerprint density at radius 3 is 2.80 bits per heavy atom. The Bertz CT molecular complexity index is 755. The van der Waals surface area contributed by atoms with Crippen LogP contribution in [0, 0.1) is 18.8 Å². The molecule has 0 radical (unpaired) electrons. The highest BCUT2D eigenvalue weighted by Gasteiger charge is 2.39. The van der Waals surface area contributed by atoms with Crippen molar-refractivity contribution in [2.45, 2.75) is 38.8 Å². The number of benzene rings is 1. The van der Waals surface area contributed by atoms with Crippen LogP contribution in [-0.4, -0.2) is 40.6 Å². The van der Waals surface area contributed by atoms with Gasteiger partial charge in [0.25, 0.3) is 0 Å². The van der Waals surface area contributed by atoms with Gasteiger partial charge in [0.05, 0.1) is 6.54 Å². The summed E-state index contributed by atoms with van der Waals surface area (Å²) >= 11 is 0. The standard InChI is InChI=1S/C19H24N4O2/c1-12-3-5-13(6-4-12)19-21-18(25-22-19)11-23(2)16-7-14-9-17(24)20-10-15(14)8-16/h3-6,14-16H,7-11H2,1-2H3,(H,20,24)/t14-,15+,16-/m1/s1. The summed E-state index contributed by atoms with van der Waals surface area (Å²) < 4.78 is 5.45. The number of aryl methyl sites for hydroxylation is 1. The molecule has 1 aliphatic carbocycles. The Kier molecular flexibility index (Phi) is 4.29. The van der Waals surface area contributed by atoms with E-state index in [0.717, 1.165) is 24.9 Å². The van der Waals surface area contributed by atoms with E-state index in [4.69, 9.17) is 4.52 Å². The second kappa shape index (κ2) is 6.59. The van der Waals surface area contributed by atoms with Crippen LogP contribution in [-0.2, 0) is 11.3 Å². The molecule has 1 aliphatic heterocycles. The van der Waals surface area contributed by atoms with Gasteiger partial charge < -0.3 is 9.84 Å². The van der Waals surface area contributed by atoms with Gasteiger partial charge in [0.15, 0.2) is 0 Å². The molecule has 0 bridgehead atoms. The molecule has 2 aromatic rings. The summed E-state index contributed by atoms with van der Waals surface area (Å²) in [7, 11) is 2.10. The molecular formula is C19H24N4O2. The highest BCUT2D eigenvalue weighted by molar-refractivity contribution is 5.77. The lowest BCUT2D eigenvalue weighted by Crippen LogP contribution is -2.38. The van der Waals surface area contributed by atoms with Crippen molar-refractivity contribution >= 4 is 5.91 Å². The fourth-order valence-corrected chi connectivity index (χ4v) is 4.08. The van der Waals surface area contributed by atoms with E-state index in [2.05, 4.69) is 34.3 Å². The first-order chi connectivity index (χ1) is 12.1. The van der Waals surface area contributed by atoms with Gasteiger partial charge >= 0.3 is 0 Å². The first-order valence-electron chi connectivity index (χ1n) is 8.95. The Balaban J connectivity index is 1.39. The quantitative estimate of drug-likeness (QED) is 0.925. The molecule has 2 aliphatic rings. The molecule has 0 unspecified atom stereocenters. The van der Waals surface area contributed by atoms with Crippen LogP contribution in [0.25, 0.3) is 11.4 Å². The van der Waals surface area contributed by atoms with Gasteiger partial charge in [0.1, 0.15) is 0 Å². The first-order valence-corrected chi connectivity index (χ1v) is 8.95. The maximum Gasteiger partial charge on any atom is 0.241 e. The van der Waals surface area contributed by atoms with Crippen molar-refractivity contribution in [3.8, 4) is 11.4 Å². The van der Waals surface area contributed by atoms with Gasteiger partial charge in [0, 0.05) is 24.6 Å². The van der Waals surface area contributed by atoms with Crippen LogP contribution >= 0.6 is 0 Å². The first kappa shape index (κ1) is 16.3. The van der Waals surface area contributed by atoms with Crippen molar-refractivity contribution in [1.82, 2.24) is 20.4 Å². The van der Waals surface area contributed by atoms with E-state index in [1.165, 1.54) is 5.56 Å². The second-order valence-electron chi connectivity index (χ2n) is 7.45. The van der Waals surface area contributed by atoms with Crippen LogP contribution in [0.1, 0.15) is 30.7 Å². The van der Waals surface area contributed by atoms with E-state index in [1.54, 1.807) is 0 Å². The zero-order chi connectivity index (χ0) is 17.4. The average molecular weight is 340 g/mol. The molecule has 2 heterocycles. The fourth-order valence-electron chi connectivity index (χ4n) is 4.08. The number of nitrogens with one attached hydrogen (secondary N) is 1.